The maximum atomic E-state index is 11.7. The Hall–Kier alpha value is -1.98. The third kappa shape index (κ3) is 5.46. The molecule has 1 unspecified atom stereocenters. The van der Waals surface area contributed by atoms with Crippen molar-refractivity contribution in [3.8, 4) is 0 Å². The first kappa shape index (κ1) is 15.1. The number of carboxylic acid groups (broad SMARTS) is 1. The van der Waals surface area contributed by atoms with Gasteiger partial charge in [0.2, 0.25) is 0 Å². The Balaban J connectivity index is 2.58. The molecular formula is C13H19N3O3. The van der Waals surface area contributed by atoms with E-state index in [0.29, 0.717) is 6.42 Å². The number of carbonyl (C=O) groups excluding carboxylic acids is 1. The number of carboxylic acids is 1. The molecule has 1 rings (SSSR count). The van der Waals surface area contributed by atoms with Crippen molar-refractivity contribution in [1.82, 2.24) is 15.3 Å². The maximum Gasteiger partial charge on any atom is 0.308 e. The van der Waals surface area contributed by atoms with Crippen LogP contribution in [0.15, 0.2) is 18.6 Å². The molecule has 0 aromatic carbocycles. The average Bonchev–Trinajstić information content (AvgIpc) is 2.33. The Bertz CT molecular complexity index is 440. The smallest absolute Gasteiger partial charge is 0.308 e. The van der Waals surface area contributed by atoms with Crippen LogP contribution in [0.1, 0.15) is 37.7 Å². The number of nitrogens with zero attached hydrogens (tertiary/aromatic N) is 2. The molecule has 0 fully saturated rings. The molecule has 6 heteroatoms. The minimum absolute atomic E-state index is 0.0853. The van der Waals surface area contributed by atoms with E-state index in [1.54, 1.807) is 0 Å². The largest absolute Gasteiger partial charge is 0.481 e. The van der Waals surface area contributed by atoms with Crippen LogP contribution in [-0.2, 0) is 4.79 Å². The molecule has 1 heterocycles. The van der Waals surface area contributed by atoms with Crippen LogP contribution in [0.25, 0.3) is 0 Å². The number of amides is 1. The zero-order chi connectivity index (χ0) is 14.5. The van der Waals surface area contributed by atoms with Gasteiger partial charge < -0.3 is 10.4 Å². The van der Waals surface area contributed by atoms with Gasteiger partial charge in [-0.1, -0.05) is 20.8 Å². The van der Waals surface area contributed by atoms with Gasteiger partial charge in [-0.3, -0.25) is 14.6 Å². The van der Waals surface area contributed by atoms with E-state index < -0.39 is 17.8 Å². The highest BCUT2D eigenvalue weighted by Gasteiger charge is 2.25. The molecule has 0 bridgehead atoms. The Morgan fingerprint density at radius 3 is 2.53 bits per heavy atom. The molecule has 0 aliphatic heterocycles. The molecular weight excluding hydrogens is 246 g/mol. The molecule has 0 spiro atoms. The summed E-state index contributed by atoms with van der Waals surface area (Å²) in [6, 6.07) is 0. The van der Waals surface area contributed by atoms with E-state index in [4.69, 9.17) is 5.11 Å². The minimum atomic E-state index is -0.908. The molecule has 104 valence electrons. The Morgan fingerprint density at radius 1 is 1.37 bits per heavy atom. The monoisotopic (exact) mass is 265 g/mol. The van der Waals surface area contributed by atoms with Crippen molar-refractivity contribution in [2.45, 2.75) is 27.2 Å². The maximum absolute atomic E-state index is 11.7. The number of carbonyl (C=O) groups is 2. The third-order valence-corrected chi connectivity index (χ3v) is 2.51. The first-order valence-electron chi connectivity index (χ1n) is 6.06. The van der Waals surface area contributed by atoms with E-state index in [1.807, 2.05) is 20.8 Å². The van der Waals surface area contributed by atoms with Crippen molar-refractivity contribution in [1.29, 1.82) is 0 Å². The summed E-state index contributed by atoms with van der Waals surface area (Å²) in [6.07, 6.45) is 4.72. The summed E-state index contributed by atoms with van der Waals surface area (Å²) in [6.45, 7) is 5.98. The quantitative estimate of drug-likeness (QED) is 0.838. The fourth-order valence-electron chi connectivity index (χ4n) is 1.71. The molecule has 1 aromatic heterocycles. The van der Waals surface area contributed by atoms with Gasteiger partial charge in [-0.05, 0) is 11.8 Å². The lowest BCUT2D eigenvalue weighted by Crippen LogP contribution is -2.35. The number of aliphatic carboxylic acids is 1. The number of aromatic nitrogens is 2. The lowest BCUT2D eigenvalue weighted by Gasteiger charge is -2.23. The Kier molecular flexibility index (Phi) is 4.97. The van der Waals surface area contributed by atoms with Crippen molar-refractivity contribution >= 4 is 11.9 Å². The van der Waals surface area contributed by atoms with Crippen molar-refractivity contribution in [3.05, 3.63) is 24.3 Å². The highest BCUT2D eigenvalue weighted by molar-refractivity contribution is 5.92. The predicted octanol–water partition coefficient (Wildman–Crippen LogP) is 1.34. The van der Waals surface area contributed by atoms with Crippen LogP contribution in [-0.4, -0.2) is 33.5 Å². The van der Waals surface area contributed by atoms with Crippen LogP contribution >= 0.6 is 0 Å². The standard InChI is InChI=1S/C13H19N3O3/c1-13(2,3)6-9(12(18)19)7-16-11(17)10-8-14-4-5-15-10/h4-5,8-9H,6-7H2,1-3H3,(H,16,17)(H,18,19). The summed E-state index contributed by atoms with van der Waals surface area (Å²) in [5, 5.41) is 11.7. The molecule has 0 saturated carbocycles. The van der Waals surface area contributed by atoms with Crippen LogP contribution in [0, 0.1) is 11.3 Å². The van der Waals surface area contributed by atoms with Crippen LogP contribution in [0.2, 0.25) is 0 Å². The van der Waals surface area contributed by atoms with Crippen LogP contribution in [0.5, 0.6) is 0 Å². The topological polar surface area (TPSA) is 92.2 Å². The molecule has 2 N–H and O–H groups in total. The van der Waals surface area contributed by atoms with Gasteiger partial charge in [0.05, 0.1) is 12.1 Å². The first-order valence-corrected chi connectivity index (χ1v) is 6.06. The SMILES string of the molecule is CC(C)(C)CC(CNC(=O)c1cnccn1)C(=O)O. The molecule has 1 aromatic rings. The van der Waals surface area contributed by atoms with Crippen molar-refractivity contribution < 1.29 is 14.7 Å². The van der Waals surface area contributed by atoms with E-state index >= 15 is 0 Å². The van der Waals surface area contributed by atoms with E-state index in [-0.39, 0.29) is 17.7 Å². The average molecular weight is 265 g/mol. The second-order valence-electron chi connectivity index (χ2n) is 5.60. The van der Waals surface area contributed by atoms with E-state index in [9.17, 15) is 9.59 Å². The van der Waals surface area contributed by atoms with Crippen molar-refractivity contribution in [2.24, 2.45) is 11.3 Å². The van der Waals surface area contributed by atoms with Gasteiger partial charge in [0, 0.05) is 18.9 Å². The van der Waals surface area contributed by atoms with Gasteiger partial charge in [-0.25, -0.2) is 4.98 Å². The summed E-state index contributed by atoms with van der Waals surface area (Å²) in [4.78, 5) is 30.5. The van der Waals surface area contributed by atoms with E-state index in [1.165, 1.54) is 18.6 Å². The molecule has 1 atom stereocenters. The molecule has 0 radical (unpaired) electrons. The number of hydrogen-bond donors (Lipinski definition) is 2. The van der Waals surface area contributed by atoms with Gasteiger partial charge in [-0.15, -0.1) is 0 Å². The molecule has 0 aliphatic carbocycles. The van der Waals surface area contributed by atoms with Crippen molar-refractivity contribution in [2.75, 3.05) is 6.54 Å². The van der Waals surface area contributed by atoms with E-state index in [2.05, 4.69) is 15.3 Å². The second kappa shape index (κ2) is 6.26. The predicted molar refractivity (Wildman–Crippen MR) is 69.6 cm³/mol. The highest BCUT2D eigenvalue weighted by atomic mass is 16.4. The van der Waals surface area contributed by atoms with Gasteiger partial charge >= 0.3 is 5.97 Å². The van der Waals surface area contributed by atoms with Gasteiger partial charge in [0.15, 0.2) is 0 Å². The lowest BCUT2D eigenvalue weighted by molar-refractivity contribution is -0.142. The summed E-state index contributed by atoms with van der Waals surface area (Å²) in [5.41, 5.74) is 0.0720. The second-order valence-corrected chi connectivity index (χ2v) is 5.60. The van der Waals surface area contributed by atoms with Crippen molar-refractivity contribution in [3.63, 3.8) is 0 Å². The van der Waals surface area contributed by atoms with E-state index in [0.717, 1.165) is 0 Å². The van der Waals surface area contributed by atoms with Crippen LogP contribution in [0.3, 0.4) is 0 Å². The number of hydrogen-bond acceptors (Lipinski definition) is 4. The number of rotatable bonds is 5. The summed E-state index contributed by atoms with van der Waals surface area (Å²) in [7, 11) is 0. The van der Waals surface area contributed by atoms with Crippen LogP contribution in [0.4, 0.5) is 0 Å². The van der Waals surface area contributed by atoms with Crippen LogP contribution < -0.4 is 5.32 Å². The minimum Gasteiger partial charge on any atom is -0.481 e. The Morgan fingerprint density at radius 2 is 2.05 bits per heavy atom. The fraction of sp³-hybridized carbons (Fsp3) is 0.538. The molecule has 0 saturated heterocycles. The summed E-state index contributed by atoms with van der Waals surface area (Å²) >= 11 is 0. The lowest BCUT2D eigenvalue weighted by atomic mass is 9.84. The third-order valence-electron chi connectivity index (χ3n) is 2.51. The number of nitrogens with one attached hydrogen (secondary N) is 1. The molecule has 1 amide bonds. The first-order chi connectivity index (χ1) is 8.79. The van der Waals surface area contributed by atoms with Gasteiger partial charge in [0.25, 0.3) is 5.91 Å². The summed E-state index contributed by atoms with van der Waals surface area (Å²) < 4.78 is 0. The van der Waals surface area contributed by atoms with Gasteiger partial charge in [0.1, 0.15) is 5.69 Å². The molecule has 19 heavy (non-hydrogen) atoms. The molecule has 0 aliphatic rings. The summed E-state index contributed by atoms with van der Waals surface area (Å²) in [5.74, 6) is -1.93. The fourth-order valence-corrected chi connectivity index (χ4v) is 1.71. The van der Waals surface area contributed by atoms with Gasteiger partial charge in [-0.2, -0.15) is 0 Å². The highest BCUT2D eigenvalue weighted by Crippen LogP contribution is 2.24. The Labute approximate surface area is 112 Å². The zero-order valence-corrected chi connectivity index (χ0v) is 11.4. The normalized spacial score (nSPS) is 12.8. The molecule has 6 nitrogen and oxygen atoms in total. The zero-order valence-electron chi connectivity index (χ0n) is 11.4.